The minimum Gasteiger partial charge on any atom is -0.546 e. The van der Waals surface area contributed by atoms with Crippen molar-refractivity contribution in [2.24, 2.45) is 0 Å². The monoisotopic (exact) mass is 285 g/mol. The summed E-state index contributed by atoms with van der Waals surface area (Å²) in [5.74, 6) is -0.873. The number of methoxy groups -OCH3 is 1. The topological polar surface area (TPSA) is 75.7 Å². The first kappa shape index (κ1) is 14.6. The van der Waals surface area contributed by atoms with Crippen LogP contribution in [0.4, 0.5) is 0 Å². The second kappa shape index (κ2) is 6.56. The van der Waals surface area contributed by atoms with E-state index in [-0.39, 0.29) is 5.75 Å². The van der Waals surface area contributed by atoms with Crippen LogP contribution in [0.2, 0.25) is 0 Å². The van der Waals surface area contributed by atoms with Crippen LogP contribution in [0.15, 0.2) is 48.5 Å². The number of aldehydes is 1. The Morgan fingerprint density at radius 1 is 1.14 bits per heavy atom. The molecule has 5 nitrogen and oxygen atoms in total. The molecule has 5 heteroatoms. The Morgan fingerprint density at radius 2 is 1.86 bits per heavy atom. The lowest BCUT2D eigenvalue weighted by Gasteiger charge is -2.21. The van der Waals surface area contributed by atoms with Crippen molar-refractivity contribution in [2.45, 2.75) is 6.10 Å². The molecule has 108 valence electrons. The number of carbonyl (C=O) groups is 2. The van der Waals surface area contributed by atoms with Gasteiger partial charge in [-0.3, -0.25) is 4.79 Å². The van der Waals surface area contributed by atoms with Crippen LogP contribution in [0, 0.1) is 0 Å². The van der Waals surface area contributed by atoms with Crippen LogP contribution >= 0.6 is 0 Å². The van der Waals surface area contributed by atoms with Gasteiger partial charge in [0.1, 0.15) is 6.29 Å². The molecule has 0 N–H and O–H groups in total. The lowest BCUT2D eigenvalue weighted by molar-refractivity contribution is -0.314. The van der Waals surface area contributed by atoms with Gasteiger partial charge in [0, 0.05) is 5.56 Å². The van der Waals surface area contributed by atoms with Crippen molar-refractivity contribution < 1.29 is 24.2 Å². The Morgan fingerprint density at radius 3 is 2.43 bits per heavy atom. The average molecular weight is 285 g/mol. The van der Waals surface area contributed by atoms with Gasteiger partial charge in [-0.15, -0.1) is 0 Å². The van der Waals surface area contributed by atoms with Crippen LogP contribution < -0.4 is 14.6 Å². The predicted octanol–water partition coefficient (Wildman–Crippen LogP) is 1.38. The number of rotatable bonds is 6. The van der Waals surface area contributed by atoms with Crippen molar-refractivity contribution in [3.05, 3.63) is 59.7 Å². The molecule has 0 bridgehead atoms. The van der Waals surface area contributed by atoms with Gasteiger partial charge in [0.15, 0.2) is 17.6 Å². The van der Waals surface area contributed by atoms with E-state index in [4.69, 9.17) is 9.47 Å². The summed E-state index contributed by atoms with van der Waals surface area (Å²) in [5, 5.41) is 11.3. The molecule has 0 heterocycles. The number of benzene rings is 2. The summed E-state index contributed by atoms with van der Waals surface area (Å²) in [7, 11) is 1.43. The molecule has 0 aliphatic heterocycles. The fourth-order valence-electron chi connectivity index (χ4n) is 1.87. The molecule has 0 spiro atoms. The van der Waals surface area contributed by atoms with E-state index >= 15 is 0 Å². The first-order valence-electron chi connectivity index (χ1n) is 6.21. The van der Waals surface area contributed by atoms with Crippen LogP contribution in [0.1, 0.15) is 22.0 Å². The van der Waals surface area contributed by atoms with Crippen LogP contribution in [0.3, 0.4) is 0 Å². The van der Waals surface area contributed by atoms with E-state index in [1.807, 2.05) is 0 Å². The van der Waals surface area contributed by atoms with Gasteiger partial charge in [-0.2, -0.15) is 0 Å². The summed E-state index contributed by atoms with van der Waals surface area (Å²) in [6.45, 7) is 0. The average Bonchev–Trinajstić information content (AvgIpc) is 2.52. The maximum absolute atomic E-state index is 11.3. The van der Waals surface area contributed by atoms with Crippen LogP contribution in [-0.4, -0.2) is 19.4 Å². The van der Waals surface area contributed by atoms with Crippen molar-refractivity contribution in [1.82, 2.24) is 0 Å². The smallest absolute Gasteiger partial charge is 0.163 e. The summed E-state index contributed by atoms with van der Waals surface area (Å²) < 4.78 is 10.6. The normalized spacial score (nSPS) is 11.5. The van der Waals surface area contributed by atoms with Gasteiger partial charge in [-0.1, -0.05) is 30.3 Å². The first-order valence-corrected chi connectivity index (χ1v) is 6.21. The number of hydrogen-bond acceptors (Lipinski definition) is 5. The van der Waals surface area contributed by atoms with Crippen LogP contribution in [-0.2, 0) is 4.79 Å². The van der Waals surface area contributed by atoms with Crippen molar-refractivity contribution in [2.75, 3.05) is 7.11 Å². The molecule has 0 aromatic heterocycles. The molecule has 0 fully saturated rings. The highest BCUT2D eigenvalue weighted by Crippen LogP contribution is 2.31. The highest BCUT2D eigenvalue weighted by atomic mass is 16.5. The lowest BCUT2D eigenvalue weighted by Crippen LogP contribution is -2.33. The molecule has 2 rings (SSSR count). The fourth-order valence-corrected chi connectivity index (χ4v) is 1.87. The number of aliphatic carboxylic acids is 1. The molecule has 0 aliphatic rings. The molecular formula is C16H13O5-. The summed E-state index contributed by atoms with van der Waals surface area (Å²) in [6, 6.07) is 12.9. The highest BCUT2D eigenvalue weighted by molar-refractivity contribution is 5.77. The Hall–Kier alpha value is -2.82. The highest BCUT2D eigenvalue weighted by Gasteiger charge is 2.17. The van der Waals surface area contributed by atoms with E-state index in [2.05, 4.69) is 0 Å². The van der Waals surface area contributed by atoms with E-state index < -0.39 is 12.1 Å². The number of hydrogen-bond donors (Lipinski definition) is 0. The zero-order chi connectivity index (χ0) is 15.2. The van der Waals surface area contributed by atoms with Gasteiger partial charge in [0.25, 0.3) is 0 Å². The van der Waals surface area contributed by atoms with Gasteiger partial charge in [0.2, 0.25) is 0 Å². The Bertz CT molecular complexity index is 636. The molecule has 1 atom stereocenters. The molecule has 0 unspecified atom stereocenters. The molecule has 2 aromatic rings. The van der Waals surface area contributed by atoms with Gasteiger partial charge < -0.3 is 19.4 Å². The van der Waals surface area contributed by atoms with E-state index in [0.29, 0.717) is 23.2 Å². The molecule has 0 saturated carbocycles. The molecular weight excluding hydrogens is 272 g/mol. The number of ether oxygens (including phenoxy) is 2. The van der Waals surface area contributed by atoms with Crippen molar-refractivity contribution >= 4 is 12.3 Å². The first-order chi connectivity index (χ1) is 10.2. The van der Waals surface area contributed by atoms with Crippen molar-refractivity contribution in [3.63, 3.8) is 0 Å². The third-order valence-electron chi connectivity index (χ3n) is 2.88. The maximum Gasteiger partial charge on any atom is 0.163 e. The van der Waals surface area contributed by atoms with E-state index in [9.17, 15) is 14.7 Å². The van der Waals surface area contributed by atoms with Crippen molar-refractivity contribution in [3.8, 4) is 11.5 Å². The summed E-state index contributed by atoms with van der Waals surface area (Å²) in [5.41, 5.74) is 0.798. The SMILES string of the molecule is COc1ccc(C=O)cc1O[C@@H](C(=O)[O-])c1ccccc1. The summed E-state index contributed by atoms with van der Waals surface area (Å²) >= 11 is 0. The second-order valence-corrected chi connectivity index (χ2v) is 4.26. The zero-order valence-corrected chi connectivity index (χ0v) is 11.3. The van der Waals surface area contributed by atoms with E-state index in [1.54, 1.807) is 36.4 Å². The number of carboxylic acids is 1. The van der Waals surface area contributed by atoms with Gasteiger partial charge in [0.05, 0.1) is 13.1 Å². The number of carbonyl (C=O) groups excluding carboxylic acids is 2. The Balaban J connectivity index is 2.37. The summed E-state index contributed by atoms with van der Waals surface area (Å²) in [6.07, 6.45) is -0.648. The largest absolute Gasteiger partial charge is 0.546 e. The third kappa shape index (κ3) is 3.39. The maximum atomic E-state index is 11.3. The molecule has 0 aliphatic carbocycles. The molecule has 0 amide bonds. The van der Waals surface area contributed by atoms with Crippen molar-refractivity contribution in [1.29, 1.82) is 0 Å². The molecule has 0 radical (unpaired) electrons. The zero-order valence-electron chi connectivity index (χ0n) is 11.3. The van der Waals surface area contributed by atoms with Gasteiger partial charge >= 0.3 is 0 Å². The molecule has 21 heavy (non-hydrogen) atoms. The van der Waals surface area contributed by atoms with E-state index in [0.717, 1.165) is 0 Å². The Kier molecular flexibility index (Phi) is 4.56. The molecule has 2 aromatic carbocycles. The quantitative estimate of drug-likeness (QED) is 0.749. The standard InChI is InChI=1S/C16H14O5/c1-20-13-8-7-11(10-17)9-14(13)21-15(16(18)19)12-5-3-2-4-6-12/h2-10,15H,1H3,(H,18,19)/p-1/t15-/m1/s1. The Labute approximate surface area is 121 Å². The van der Waals surface area contributed by atoms with Gasteiger partial charge in [-0.05, 0) is 23.8 Å². The molecule has 0 saturated heterocycles. The fraction of sp³-hybridized carbons (Fsp3) is 0.125. The minimum atomic E-state index is -1.38. The third-order valence-corrected chi connectivity index (χ3v) is 2.88. The number of carboxylic acid groups (broad SMARTS) is 1. The minimum absolute atomic E-state index is 0.167. The second-order valence-electron chi connectivity index (χ2n) is 4.26. The summed E-state index contributed by atoms with van der Waals surface area (Å²) in [4.78, 5) is 22.1. The predicted molar refractivity (Wildman–Crippen MR) is 73.2 cm³/mol. The van der Waals surface area contributed by atoms with Crippen LogP contribution in [0.5, 0.6) is 11.5 Å². The van der Waals surface area contributed by atoms with E-state index in [1.165, 1.54) is 19.2 Å². The van der Waals surface area contributed by atoms with Gasteiger partial charge in [-0.25, -0.2) is 0 Å². The van der Waals surface area contributed by atoms with Crippen LogP contribution in [0.25, 0.3) is 0 Å². The lowest BCUT2D eigenvalue weighted by atomic mass is 10.1.